The number of carbonyl (C=O) groups is 2. The molecule has 0 spiro atoms. The van der Waals surface area contributed by atoms with Gasteiger partial charge in [0.05, 0.1) is 23.2 Å². The third-order valence-corrected chi connectivity index (χ3v) is 5.86. The Morgan fingerprint density at radius 2 is 2.07 bits per heavy atom. The van der Waals surface area contributed by atoms with Crippen LogP contribution in [0, 0.1) is 5.92 Å². The minimum atomic E-state index is -0.715. The van der Waals surface area contributed by atoms with Gasteiger partial charge in [0, 0.05) is 5.70 Å². The van der Waals surface area contributed by atoms with Gasteiger partial charge in [0.15, 0.2) is 11.5 Å². The van der Waals surface area contributed by atoms with E-state index in [0.717, 1.165) is 25.7 Å². The fraction of sp³-hybridized carbons (Fsp3) is 0.500. The van der Waals surface area contributed by atoms with Gasteiger partial charge in [-0.3, -0.25) is 0 Å². The summed E-state index contributed by atoms with van der Waals surface area (Å²) in [6.07, 6.45) is 3.78. The van der Waals surface area contributed by atoms with Crippen molar-refractivity contribution in [2.45, 2.75) is 51.7 Å². The van der Waals surface area contributed by atoms with Gasteiger partial charge in [-0.2, -0.15) is 0 Å². The predicted molar refractivity (Wildman–Crippen MR) is 107 cm³/mol. The molecule has 28 heavy (non-hydrogen) atoms. The van der Waals surface area contributed by atoms with E-state index in [4.69, 9.17) is 9.47 Å². The second-order valence-electron chi connectivity index (χ2n) is 7.42. The fourth-order valence-corrected chi connectivity index (χ4v) is 4.29. The zero-order chi connectivity index (χ0) is 20.4. The summed E-state index contributed by atoms with van der Waals surface area (Å²) in [7, 11) is 1.44. The summed E-state index contributed by atoms with van der Waals surface area (Å²) in [6, 6.07) is 2.12. The van der Waals surface area contributed by atoms with Gasteiger partial charge < -0.3 is 25.2 Å². The molecule has 2 amide bonds. The van der Waals surface area contributed by atoms with Crippen molar-refractivity contribution in [3.63, 3.8) is 0 Å². The molecule has 7 nitrogen and oxygen atoms in total. The van der Waals surface area contributed by atoms with Gasteiger partial charge >= 0.3 is 12.0 Å². The molecule has 152 valence electrons. The Bertz CT molecular complexity index is 823. The molecule has 0 radical (unpaired) electrons. The number of phenolic OH excluding ortho intramolecular Hbond substituents is 1. The summed E-state index contributed by atoms with van der Waals surface area (Å²) in [5, 5.41) is 15.5. The van der Waals surface area contributed by atoms with Crippen molar-refractivity contribution >= 4 is 27.9 Å². The number of methoxy groups -OCH3 is 1. The van der Waals surface area contributed by atoms with Crippen LogP contribution in [0.4, 0.5) is 4.79 Å². The highest BCUT2D eigenvalue weighted by molar-refractivity contribution is 9.10. The monoisotopic (exact) mass is 452 g/mol. The van der Waals surface area contributed by atoms with Crippen molar-refractivity contribution in [3.8, 4) is 11.5 Å². The third-order valence-electron chi connectivity index (χ3n) is 5.26. The molecule has 8 heteroatoms. The maximum Gasteiger partial charge on any atom is 0.338 e. The lowest BCUT2D eigenvalue weighted by atomic mass is 9.88. The van der Waals surface area contributed by atoms with Crippen molar-refractivity contribution in [1.29, 1.82) is 0 Å². The Morgan fingerprint density at radius 3 is 2.75 bits per heavy atom. The molecule has 0 saturated heterocycles. The van der Waals surface area contributed by atoms with Crippen molar-refractivity contribution < 1.29 is 24.2 Å². The van der Waals surface area contributed by atoms with Crippen LogP contribution < -0.4 is 15.4 Å². The van der Waals surface area contributed by atoms with Crippen LogP contribution in [0.15, 0.2) is 27.9 Å². The van der Waals surface area contributed by atoms with Crippen LogP contribution >= 0.6 is 15.9 Å². The number of hydrogen-bond donors (Lipinski definition) is 3. The number of phenols is 1. The molecule has 1 fully saturated rings. The number of carbonyl (C=O) groups excluding carboxylic acids is 2. The molecule has 1 heterocycles. The second-order valence-corrected chi connectivity index (χ2v) is 8.28. The standard InChI is InChI=1S/C20H25BrN2O5/c1-10-5-4-6-13(7-10)28-19(25)16-11(2)22-20(26)23-17(16)12-8-14(21)18(24)15(9-12)27-3/h8-10,13,17,24H,4-7H2,1-3H3,(H2,22,23,26)/t10-,13-,17-/m0/s1. The third kappa shape index (κ3) is 4.27. The first kappa shape index (κ1) is 20.5. The average molecular weight is 453 g/mol. The van der Waals surface area contributed by atoms with Gasteiger partial charge in [0.1, 0.15) is 6.10 Å². The van der Waals surface area contributed by atoms with Crippen LogP contribution in [0.2, 0.25) is 0 Å². The second kappa shape index (κ2) is 8.43. The summed E-state index contributed by atoms with van der Waals surface area (Å²) in [6.45, 7) is 3.84. The Morgan fingerprint density at radius 1 is 1.32 bits per heavy atom. The lowest BCUT2D eigenvalue weighted by Crippen LogP contribution is -2.45. The normalized spacial score (nSPS) is 25.0. The number of hydrogen-bond acceptors (Lipinski definition) is 5. The van der Waals surface area contributed by atoms with Gasteiger partial charge in [-0.1, -0.05) is 13.3 Å². The van der Waals surface area contributed by atoms with Crippen LogP contribution in [0.25, 0.3) is 0 Å². The quantitative estimate of drug-likeness (QED) is 0.601. The number of benzene rings is 1. The number of ether oxygens (including phenoxy) is 2. The van der Waals surface area contributed by atoms with E-state index < -0.39 is 18.0 Å². The number of amides is 2. The van der Waals surface area contributed by atoms with Crippen molar-refractivity contribution in [2.75, 3.05) is 7.11 Å². The van der Waals surface area contributed by atoms with E-state index in [1.807, 2.05) is 0 Å². The first-order valence-electron chi connectivity index (χ1n) is 9.35. The molecule has 1 saturated carbocycles. The molecule has 3 rings (SSSR count). The topological polar surface area (TPSA) is 96.9 Å². The highest BCUT2D eigenvalue weighted by atomic mass is 79.9. The number of rotatable bonds is 4. The molecule has 0 aromatic heterocycles. The summed E-state index contributed by atoms with van der Waals surface area (Å²) < 4.78 is 11.4. The number of nitrogens with one attached hydrogen (secondary N) is 2. The molecule has 0 bridgehead atoms. The minimum Gasteiger partial charge on any atom is -0.503 e. The molecule has 1 aliphatic carbocycles. The largest absolute Gasteiger partial charge is 0.503 e. The minimum absolute atomic E-state index is 0.0486. The van der Waals surface area contributed by atoms with E-state index in [9.17, 15) is 14.7 Å². The molecule has 1 aliphatic heterocycles. The summed E-state index contributed by atoms with van der Waals surface area (Å²) in [5.41, 5.74) is 1.39. The fourth-order valence-electron chi connectivity index (χ4n) is 3.83. The molecule has 0 unspecified atom stereocenters. The molecular weight excluding hydrogens is 428 g/mol. The summed E-state index contributed by atoms with van der Waals surface area (Å²) in [5.74, 6) is 0.271. The number of urea groups is 1. The van der Waals surface area contributed by atoms with Gasteiger partial charge in [-0.05, 0) is 65.7 Å². The van der Waals surface area contributed by atoms with Crippen molar-refractivity contribution in [2.24, 2.45) is 5.92 Å². The Balaban J connectivity index is 1.93. The lowest BCUT2D eigenvalue weighted by molar-refractivity contribution is -0.146. The Kier molecular flexibility index (Phi) is 6.17. The lowest BCUT2D eigenvalue weighted by Gasteiger charge is -2.31. The summed E-state index contributed by atoms with van der Waals surface area (Å²) in [4.78, 5) is 25.1. The molecule has 3 atom stereocenters. The van der Waals surface area contributed by atoms with Crippen LogP contribution in [0.1, 0.15) is 51.1 Å². The van der Waals surface area contributed by atoms with Gasteiger partial charge in [-0.15, -0.1) is 0 Å². The number of allylic oxidation sites excluding steroid dienone is 1. The smallest absolute Gasteiger partial charge is 0.338 e. The molecule has 2 aliphatic rings. The molecular formula is C20H25BrN2O5. The average Bonchev–Trinajstić information content (AvgIpc) is 2.63. The first-order chi connectivity index (χ1) is 13.3. The van der Waals surface area contributed by atoms with Crippen LogP contribution in [0.5, 0.6) is 11.5 Å². The first-order valence-corrected chi connectivity index (χ1v) is 10.1. The number of halogens is 1. The van der Waals surface area contributed by atoms with Crippen molar-refractivity contribution in [1.82, 2.24) is 10.6 Å². The van der Waals surface area contributed by atoms with Gasteiger partial charge in [-0.25, -0.2) is 9.59 Å². The van der Waals surface area contributed by atoms with Crippen LogP contribution in [-0.4, -0.2) is 30.3 Å². The van der Waals surface area contributed by atoms with E-state index >= 15 is 0 Å². The Hall–Kier alpha value is -2.22. The zero-order valence-corrected chi connectivity index (χ0v) is 17.8. The summed E-state index contributed by atoms with van der Waals surface area (Å²) >= 11 is 3.29. The van der Waals surface area contributed by atoms with E-state index in [-0.39, 0.29) is 17.6 Å². The number of esters is 1. The highest BCUT2D eigenvalue weighted by Gasteiger charge is 2.34. The highest BCUT2D eigenvalue weighted by Crippen LogP contribution is 2.39. The maximum atomic E-state index is 13.0. The van der Waals surface area contributed by atoms with E-state index in [0.29, 0.717) is 27.2 Å². The van der Waals surface area contributed by atoms with E-state index in [1.165, 1.54) is 7.11 Å². The molecule has 3 N–H and O–H groups in total. The van der Waals surface area contributed by atoms with E-state index in [1.54, 1.807) is 19.1 Å². The predicted octanol–water partition coefficient (Wildman–Crippen LogP) is 3.91. The van der Waals surface area contributed by atoms with Gasteiger partial charge in [0.2, 0.25) is 0 Å². The van der Waals surface area contributed by atoms with Crippen molar-refractivity contribution in [3.05, 3.63) is 33.4 Å². The van der Waals surface area contributed by atoms with E-state index in [2.05, 4.69) is 33.5 Å². The van der Waals surface area contributed by atoms with Gasteiger partial charge in [0.25, 0.3) is 0 Å². The van der Waals surface area contributed by atoms with Crippen LogP contribution in [-0.2, 0) is 9.53 Å². The molecule has 1 aromatic rings. The zero-order valence-electron chi connectivity index (χ0n) is 16.2. The Labute approximate surface area is 172 Å². The maximum absolute atomic E-state index is 13.0. The van der Waals surface area contributed by atoms with Crippen LogP contribution in [0.3, 0.4) is 0 Å². The number of aromatic hydroxyl groups is 1. The SMILES string of the molecule is COc1cc([C@@H]2NC(=O)NC(C)=C2C(=O)O[C@H]2CCC[C@H](C)C2)cc(Br)c1O. The molecule has 1 aromatic carbocycles.